The first-order chi connectivity index (χ1) is 10.8. The van der Waals surface area contributed by atoms with E-state index in [1.807, 2.05) is 12.1 Å². The van der Waals surface area contributed by atoms with Crippen LogP contribution < -0.4 is 5.32 Å². The van der Waals surface area contributed by atoms with Crippen LogP contribution in [0.1, 0.15) is 37.5 Å². The molecule has 0 aliphatic heterocycles. The van der Waals surface area contributed by atoms with E-state index in [9.17, 15) is 4.79 Å². The van der Waals surface area contributed by atoms with Crippen molar-refractivity contribution in [2.24, 2.45) is 0 Å². The first kappa shape index (κ1) is 17.8. The monoisotopic (exact) mass is 349 g/mol. The molecule has 0 spiro atoms. The first-order valence-corrected chi connectivity index (χ1v) is 8.32. The lowest BCUT2D eigenvalue weighted by Crippen LogP contribution is -2.24. The Labute approximate surface area is 147 Å². The second-order valence-corrected chi connectivity index (χ2v) is 7.42. The normalized spacial score (nSPS) is 11.3. The standard InChI is InChI=1S/C19H21Cl2NO/c1-19(2,3)14-9-7-13(8-10-14)12-22-18(23)11-15-16(20)5-4-6-17(15)21/h4-10H,11-12H2,1-3H3,(H,22,23). The van der Waals surface area contributed by atoms with Crippen molar-refractivity contribution in [3.8, 4) is 0 Å². The number of carbonyl (C=O) groups excluding carboxylic acids is 1. The number of hydrogen-bond donors (Lipinski definition) is 1. The first-order valence-electron chi connectivity index (χ1n) is 7.56. The number of halogens is 2. The van der Waals surface area contributed by atoms with Gasteiger partial charge in [-0.05, 0) is 34.2 Å². The van der Waals surface area contributed by atoms with Gasteiger partial charge in [0.15, 0.2) is 0 Å². The van der Waals surface area contributed by atoms with Gasteiger partial charge >= 0.3 is 0 Å². The summed E-state index contributed by atoms with van der Waals surface area (Å²) in [7, 11) is 0. The minimum Gasteiger partial charge on any atom is -0.352 e. The van der Waals surface area contributed by atoms with E-state index in [4.69, 9.17) is 23.2 Å². The molecule has 0 unspecified atom stereocenters. The summed E-state index contributed by atoms with van der Waals surface area (Å²) in [6.45, 7) is 7.02. The van der Waals surface area contributed by atoms with Crippen molar-refractivity contribution in [2.45, 2.75) is 39.2 Å². The van der Waals surface area contributed by atoms with Gasteiger partial charge in [-0.25, -0.2) is 0 Å². The van der Waals surface area contributed by atoms with E-state index in [2.05, 4.69) is 38.2 Å². The third-order valence-corrected chi connectivity index (χ3v) is 4.42. The van der Waals surface area contributed by atoms with E-state index in [1.165, 1.54) is 5.56 Å². The number of benzene rings is 2. The molecule has 2 rings (SSSR count). The van der Waals surface area contributed by atoms with Gasteiger partial charge in [0.25, 0.3) is 0 Å². The van der Waals surface area contributed by atoms with Gasteiger partial charge in [0.05, 0.1) is 6.42 Å². The third kappa shape index (κ3) is 4.98. The van der Waals surface area contributed by atoms with Crippen molar-refractivity contribution >= 4 is 29.1 Å². The van der Waals surface area contributed by atoms with E-state index in [-0.39, 0.29) is 17.7 Å². The summed E-state index contributed by atoms with van der Waals surface area (Å²) < 4.78 is 0. The molecule has 2 aromatic rings. The molecule has 122 valence electrons. The molecule has 1 N–H and O–H groups in total. The average molecular weight is 350 g/mol. The van der Waals surface area contributed by atoms with Crippen LogP contribution >= 0.6 is 23.2 Å². The van der Waals surface area contributed by atoms with E-state index in [1.54, 1.807) is 18.2 Å². The summed E-state index contributed by atoms with van der Waals surface area (Å²) in [5.74, 6) is -0.0973. The minimum absolute atomic E-state index is 0.0973. The average Bonchev–Trinajstić information content (AvgIpc) is 2.48. The van der Waals surface area contributed by atoms with Gasteiger partial charge in [0, 0.05) is 16.6 Å². The van der Waals surface area contributed by atoms with E-state index in [0.717, 1.165) is 5.56 Å². The quantitative estimate of drug-likeness (QED) is 0.812. The van der Waals surface area contributed by atoms with Gasteiger partial charge in [-0.1, -0.05) is 74.3 Å². The molecular weight excluding hydrogens is 329 g/mol. The Balaban J connectivity index is 1.94. The zero-order valence-corrected chi connectivity index (χ0v) is 15.1. The zero-order chi connectivity index (χ0) is 17.0. The lowest BCUT2D eigenvalue weighted by atomic mass is 9.87. The molecule has 2 aromatic carbocycles. The fraction of sp³-hybridized carbons (Fsp3) is 0.316. The highest BCUT2D eigenvalue weighted by Gasteiger charge is 2.13. The Kier molecular flexibility index (Phi) is 5.72. The number of carbonyl (C=O) groups is 1. The fourth-order valence-electron chi connectivity index (χ4n) is 2.25. The topological polar surface area (TPSA) is 29.1 Å². The number of rotatable bonds is 4. The molecule has 0 aromatic heterocycles. The van der Waals surface area contributed by atoms with Crippen molar-refractivity contribution in [1.82, 2.24) is 5.32 Å². The van der Waals surface area contributed by atoms with Crippen LogP contribution in [0.15, 0.2) is 42.5 Å². The predicted molar refractivity (Wildman–Crippen MR) is 97.2 cm³/mol. The summed E-state index contributed by atoms with van der Waals surface area (Å²) in [5.41, 5.74) is 3.13. The minimum atomic E-state index is -0.0973. The van der Waals surface area contributed by atoms with Crippen LogP contribution in [0.2, 0.25) is 10.0 Å². The summed E-state index contributed by atoms with van der Waals surface area (Å²) in [4.78, 5) is 12.1. The molecule has 0 saturated carbocycles. The molecule has 0 atom stereocenters. The second kappa shape index (κ2) is 7.37. The number of hydrogen-bond acceptors (Lipinski definition) is 1. The van der Waals surface area contributed by atoms with Crippen LogP contribution in [-0.2, 0) is 23.2 Å². The van der Waals surface area contributed by atoms with Gasteiger partial charge < -0.3 is 5.32 Å². The maximum absolute atomic E-state index is 12.1. The zero-order valence-electron chi connectivity index (χ0n) is 13.6. The van der Waals surface area contributed by atoms with Gasteiger partial charge in [0.2, 0.25) is 5.91 Å². The van der Waals surface area contributed by atoms with E-state index < -0.39 is 0 Å². The van der Waals surface area contributed by atoms with Crippen molar-refractivity contribution in [1.29, 1.82) is 0 Å². The third-order valence-electron chi connectivity index (χ3n) is 3.71. The van der Waals surface area contributed by atoms with Gasteiger partial charge in [-0.3, -0.25) is 4.79 Å². The van der Waals surface area contributed by atoms with Crippen LogP contribution in [0.25, 0.3) is 0 Å². The summed E-state index contributed by atoms with van der Waals surface area (Å²) in [6, 6.07) is 13.5. The Morgan fingerprint density at radius 3 is 2.09 bits per heavy atom. The molecule has 23 heavy (non-hydrogen) atoms. The molecule has 0 radical (unpaired) electrons. The van der Waals surface area contributed by atoms with Crippen LogP contribution in [-0.4, -0.2) is 5.91 Å². The van der Waals surface area contributed by atoms with Crippen LogP contribution in [0.3, 0.4) is 0 Å². The molecular formula is C19H21Cl2NO. The molecule has 0 saturated heterocycles. The molecule has 0 heterocycles. The highest BCUT2D eigenvalue weighted by molar-refractivity contribution is 6.36. The van der Waals surface area contributed by atoms with Crippen molar-refractivity contribution in [2.75, 3.05) is 0 Å². The lowest BCUT2D eigenvalue weighted by molar-refractivity contribution is -0.120. The predicted octanol–water partition coefficient (Wildman–Crippen LogP) is 5.15. The molecule has 1 amide bonds. The van der Waals surface area contributed by atoms with Crippen molar-refractivity contribution in [3.63, 3.8) is 0 Å². The summed E-state index contributed by atoms with van der Waals surface area (Å²) in [5, 5.41) is 3.94. The van der Waals surface area contributed by atoms with E-state index >= 15 is 0 Å². The highest BCUT2D eigenvalue weighted by Crippen LogP contribution is 2.25. The molecule has 0 fully saturated rings. The Morgan fingerprint density at radius 1 is 1.00 bits per heavy atom. The van der Waals surface area contributed by atoms with Crippen LogP contribution in [0.4, 0.5) is 0 Å². The van der Waals surface area contributed by atoms with Crippen molar-refractivity contribution in [3.05, 3.63) is 69.2 Å². The van der Waals surface area contributed by atoms with Gasteiger partial charge in [0.1, 0.15) is 0 Å². The number of nitrogens with one attached hydrogen (secondary N) is 1. The highest BCUT2D eigenvalue weighted by atomic mass is 35.5. The van der Waals surface area contributed by atoms with Crippen LogP contribution in [0.5, 0.6) is 0 Å². The molecule has 0 bridgehead atoms. The van der Waals surface area contributed by atoms with Crippen molar-refractivity contribution < 1.29 is 4.79 Å². The number of amides is 1. The van der Waals surface area contributed by atoms with Crippen LogP contribution in [0, 0.1) is 0 Å². The summed E-state index contributed by atoms with van der Waals surface area (Å²) in [6.07, 6.45) is 0.179. The largest absolute Gasteiger partial charge is 0.352 e. The fourth-order valence-corrected chi connectivity index (χ4v) is 2.78. The maximum atomic E-state index is 12.1. The molecule has 0 aliphatic carbocycles. The van der Waals surface area contributed by atoms with E-state index in [0.29, 0.717) is 22.2 Å². The molecule has 0 aliphatic rings. The van der Waals surface area contributed by atoms with Gasteiger partial charge in [-0.15, -0.1) is 0 Å². The Hall–Kier alpha value is -1.51. The second-order valence-electron chi connectivity index (χ2n) is 6.60. The Bertz CT molecular complexity index is 667. The molecule has 2 nitrogen and oxygen atoms in total. The SMILES string of the molecule is CC(C)(C)c1ccc(CNC(=O)Cc2c(Cl)cccc2Cl)cc1. The lowest BCUT2D eigenvalue weighted by Gasteiger charge is -2.19. The maximum Gasteiger partial charge on any atom is 0.224 e. The summed E-state index contributed by atoms with van der Waals surface area (Å²) >= 11 is 12.2. The Morgan fingerprint density at radius 2 is 1.57 bits per heavy atom. The van der Waals surface area contributed by atoms with Gasteiger partial charge in [-0.2, -0.15) is 0 Å². The molecule has 4 heteroatoms. The smallest absolute Gasteiger partial charge is 0.224 e.